The molecule has 0 radical (unpaired) electrons. The lowest BCUT2D eigenvalue weighted by molar-refractivity contribution is -0.138. The summed E-state index contributed by atoms with van der Waals surface area (Å²) >= 11 is 0. The molecule has 2 aromatic carbocycles. The number of rotatable bonds is 12. The Morgan fingerprint density at radius 2 is 1.32 bits per heavy atom. The van der Waals surface area contributed by atoms with Gasteiger partial charge in [-0.05, 0) is 66.8 Å². The van der Waals surface area contributed by atoms with Gasteiger partial charge in [-0.3, -0.25) is 9.59 Å². The van der Waals surface area contributed by atoms with Crippen molar-refractivity contribution in [2.24, 2.45) is 0 Å². The van der Waals surface area contributed by atoms with Crippen LogP contribution in [0.5, 0.6) is 5.75 Å². The summed E-state index contributed by atoms with van der Waals surface area (Å²) in [7, 11) is 1.64. The zero-order chi connectivity index (χ0) is 20.4. The first kappa shape index (κ1) is 21.5. The third-order valence-corrected chi connectivity index (χ3v) is 4.77. The molecular weight excluding hydrogens is 356 g/mol. The highest BCUT2D eigenvalue weighted by atomic mass is 16.5. The average Bonchev–Trinajstić information content (AvgIpc) is 2.68. The number of hydrogen-bond acceptors (Lipinski definition) is 3. The van der Waals surface area contributed by atoms with Crippen molar-refractivity contribution < 1.29 is 24.5 Å². The maximum atomic E-state index is 10.7. The van der Waals surface area contributed by atoms with Crippen LogP contribution in [0.25, 0.3) is 0 Å². The first-order chi connectivity index (χ1) is 13.5. The zero-order valence-corrected chi connectivity index (χ0v) is 16.3. The van der Waals surface area contributed by atoms with Crippen molar-refractivity contribution in [2.75, 3.05) is 7.11 Å². The van der Waals surface area contributed by atoms with E-state index in [1.54, 1.807) is 7.11 Å². The van der Waals surface area contributed by atoms with E-state index in [0.29, 0.717) is 12.8 Å². The van der Waals surface area contributed by atoms with E-state index in [-0.39, 0.29) is 12.8 Å². The van der Waals surface area contributed by atoms with E-state index in [1.807, 2.05) is 18.2 Å². The second-order valence-corrected chi connectivity index (χ2v) is 6.96. The van der Waals surface area contributed by atoms with Crippen molar-refractivity contribution in [3.8, 4) is 5.75 Å². The minimum Gasteiger partial charge on any atom is -0.496 e. The molecule has 0 atom stereocenters. The summed E-state index contributed by atoms with van der Waals surface area (Å²) in [6.07, 6.45) is 5.12. The van der Waals surface area contributed by atoms with Crippen molar-refractivity contribution in [2.45, 2.75) is 51.4 Å². The summed E-state index contributed by atoms with van der Waals surface area (Å²) in [6, 6.07) is 14.3. The molecule has 5 nitrogen and oxygen atoms in total. The molecule has 0 unspecified atom stereocenters. The number of carboxylic acids is 2. The lowest BCUT2D eigenvalue weighted by atomic mass is 9.99. The Labute approximate surface area is 166 Å². The van der Waals surface area contributed by atoms with Gasteiger partial charge in [0.05, 0.1) is 7.11 Å². The van der Waals surface area contributed by atoms with Crippen LogP contribution in [0.4, 0.5) is 0 Å². The van der Waals surface area contributed by atoms with Gasteiger partial charge in [0.1, 0.15) is 5.75 Å². The lowest BCUT2D eigenvalue weighted by Gasteiger charge is -2.11. The summed E-state index contributed by atoms with van der Waals surface area (Å²) < 4.78 is 5.48. The molecule has 0 spiro atoms. The number of carboxylic acid groups (broad SMARTS) is 2. The maximum absolute atomic E-state index is 10.7. The quantitative estimate of drug-likeness (QED) is 0.570. The van der Waals surface area contributed by atoms with Crippen LogP contribution in [0, 0.1) is 0 Å². The molecule has 0 fully saturated rings. The van der Waals surface area contributed by atoms with E-state index in [4.69, 9.17) is 14.9 Å². The number of benzene rings is 2. The SMILES string of the molecule is COc1cc(CCC(=O)O)ccc1CCCc1ccc(CCCC(=O)O)cc1. The van der Waals surface area contributed by atoms with Crippen molar-refractivity contribution in [1.29, 1.82) is 0 Å². The van der Waals surface area contributed by atoms with Crippen molar-refractivity contribution in [3.05, 3.63) is 64.7 Å². The molecule has 150 valence electrons. The van der Waals surface area contributed by atoms with E-state index >= 15 is 0 Å². The molecular formula is C23H28O5. The number of carbonyl (C=O) groups is 2. The Morgan fingerprint density at radius 1 is 0.750 bits per heavy atom. The predicted octanol–water partition coefficient (Wildman–Crippen LogP) is 4.30. The monoisotopic (exact) mass is 384 g/mol. The Balaban J connectivity index is 1.83. The van der Waals surface area contributed by atoms with Crippen LogP contribution in [-0.2, 0) is 35.3 Å². The molecule has 5 heteroatoms. The summed E-state index contributed by atoms with van der Waals surface area (Å²) in [5.41, 5.74) is 4.54. The van der Waals surface area contributed by atoms with Crippen LogP contribution < -0.4 is 4.74 Å². The molecule has 0 saturated carbocycles. The van der Waals surface area contributed by atoms with Gasteiger partial charge in [0.2, 0.25) is 0 Å². The van der Waals surface area contributed by atoms with Gasteiger partial charge in [-0.15, -0.1) is 0 Å². The fraction of sp³-hybridized carbons (Fsp3) is 0.391. The Kier molecular flexibility index (Phi) is 8.53. The van der Waals surface area contributed by atoms with Gasteiger partial charge in [0.25, 0.3) is 0 Å². The molecule has 0 amide bonds. The summed E-state index contributed by atoms with van der Waals surface area (Å²) in [5, 5.41) is 17.5. The topological polar surface area (TPSA) is 83.8 Å². The van der Waals surface area contributed by atoms with Crippen molar-refractivity contribution in [1.82, 2.24) is 0 Å². The van der Waals surface area contributed by atoms with Gasteiger partial charge in [-0.2, -0.15) is 0 Å². The second-order valence-electron chi connectivity index (χ2n) is 6.96. The highest BCUT2D eigenvalue weighted by Gasteiger charge is 2.07. The van der Waals surface area contributed by atoms with Gasteiger partial charge in [0, 0.05) is 12.8 Å². The van der Waals surface area contributed by atoms with Gasteiger partial charge in [-0.25, -0.2) is 0 Å². The third kappa shape index (κ3) is 7.43. The summed E-state index contributed by atoms with van der Waals surface area (Å²) in [4.78, 5) is 21.3. The lowest BCUT2D eigenvalue weighted by Crippen LogP contribution is -2.00. The first-order valence-corrected chi connectivity index (χ1v) is 9.65. The number of aryl methyl sites for hydroxylation is 4. The molecule has 0 aliphatic carbocycles. The van der Waals surface area contributed by atoms with Crippen LogP contribution in [0.2, 0.25) is 0 Å². The molecule has 2 rings (SSSR count). The second kappa shape index (κ2) is 11.1. The number of aliphatic carboxylic acids is 2. The highest BCUT2D eigenvalue weighted by molar-refractivity contribution is 5.67. The molecule has 0 aliphatic rings. The van der Waals surface area contributed by atoms with E-state index in [1.165, 1.54) is 11.1 Å². The Hall–Kier alpha value is -2.82. The molecule has 28 heavy (non-hydrogen) atoms. The third-order valence-electron chi connectivity index (χ3n) is 4.77. The fourth-order valence-corrected chi connectivity index (χ4v) is 3.20. The van der Waals surface area contributed by atoms with Crippen LogP contribution in [0.3, 0.4) is 0 Å². The van der Waals surface area contributed by atoms with E-state index in [2.05, 4.69) is 24.3 Å². The number of methoxy groups -OCH3 is 1. The highest BCUT2D eigenvalue weighted by Crippen LogP contribution is 2.23. The van der Waals surface area contributed by atoms with Crippen molar-refractivity contribution >= 4 is 11.9 Å². The first-order valence-electron chi connectivity index (χ1n) is 9.65. The normalized spacial score (nSPS) is 10.6. The predicted molar refractivity (Wildman–Crippen MR) is 108 cm³/mol. The largest absolute Gasteiger partial charge is 0.496 e. The standard InChI is InChI=1S/C23H28O5/c1-28-21-16-19(13-15-23(26)27)12-14-20(21)6-2-4-17-8-10-18(11-9-17)5-3-7-22(24)25/h8-12,14,16H,2-7,13,15H2,1H3,(H,24,25)(H,26,27). The molecule has 0 aliphatic heterocycles. The molecule has 0 saturated heterocycles. The van der Waals surface area contributed by atoms with E-state index in [0.717, 1.165) is 42.6 Å². The van der Waals surface area contributed by atoms with Crippen molar-refractivity contribution in [3.63, 3.8) is 0 Å². The van der Waals surface area contributed by atoms with Crippen LogP contribution in [0.1, 0.15) is 47.9 Å². The van der Waals surface area contributed by atoms with E-state index < -0.39 is 11.9 Å². The fourth-order valence-electron chi connectivity index (χ4n) is 3.20. The van der Waals surface area contributed by atoms with Gasteiger partial charge >= 0.3 is 11.9 Å². The van der Waals surface area contributed by atoms with Gasteiger partial charge < -0.3 is 14.9 Å². The van der Waals surface area contributed by atoms with Crippen LogP contribution in [0.15, 0.2) is 42.5 Å². The minimum absolute atomic E-state index is 0.120. The Morgan fingerprint density at radius 3 is 1.89 bits per heavy atom. The molecule has 0 heterocycles. The molecule has 2 aromatic rings. The van der Waals surface area contributed by atoms with Gasteiger partial charge in [-0.1, -0.05) is 36.4 Å². The minimum atomic E-state index is -0.795. The van der Waals surface area contributed by atoms with E-state index in [9.17, 15) is 9.59 Å². The molecule has 0 bridgehead atoms. The molecule has 2 N–H and O–H groups in total. The average molecular weight is 384 g/mol. The number of ether oxygens (including phenoxy) is 1. The molecule has 0 aromatic heterocycles. The number of hydrogen-bond donors (Lipinski definition) is 2. The smallest absolute Gasteiger partial charge is 0.303 e. The van der Waals surface area contributed by atoms with Crippen LogP contribution >= 0.6 is 0 Å². The summed E-state index contributed by atoms with van der Waals surface area (Å²) in [6.45, 7) is 0. The zero-order valence-electron chi connectivity index (χ0n) is 16.3. The van der Waals surface area contributed by atoms with Crippen LogP contribution in [-0.4, -0.2) is 29.3 Å². The maximum Gasteiger partial charge on any atom is 0.303 e. The van der Waals surface area contributed by atoms with Gasteiger partial charge in [0.15, 0.2) is 0 Å². The Bertz CT molecular complexity index is 780. The summed E-state index contributed by atoms with van der Waals surface area (Å²) in [5.74, 6) is -0.727.